The Balaban J connectivity index is 2.18. The van der Waals surface area contributed by atoms with E-state index in [4.69, 9.17) is 5.73 Å². The lowest BCUT2D eigenvalue weighted by atomic mass is 10.0. The third-order valence-corrected chi connectivity index (χ3v) is 3.98. The maximum absolute atomic E-state index is 11.3. The van der Waals surface area contributed by atoms with Crippen molar-refractivity contribution < 1.29 is 9.90 Å². The first-order valence-corrected chi connectivity index (χ1v) is 6.91. The number of aromatic hydroxyl groups is 1. The summed E-state index contributed by atoms with van der Waals surface area (Å²) in [4.78, 5) is 13.5. The normalized spacial score (nSPS) is 17.8. The first kappa shape index (κ1) is 13.9. The van der Waals surface area contributed by atoms with Crippen LogP contribution in [0.25, 0.3) is 0 Å². The minimum Gasteiger partial charge on any atom is -0.508 e. The maximum Gasteiger partial charge on any atom is 0.231 e. The van der Waals surface area contributed by atoms with Crippen LogP contribution in [0.3, 0.4) is 0 Å². The Labute approximate surface area is 114 Å². The molecule has 1 aromatic rings. The third-order valence-electron chi connectivity index (χ3n) is 3.98. The summed E-state index contributed by atoms with van der Waals surface area (Å²) in [7, 11) is 0. The predicted molar refractivity (Wildman–Crippen MR) is 74.7 cm³/mol. The van der Waals surface area contributed by atoms with Gasteiger partial charge in [-0.3, -0.25) is 9.69 Å². The third kappa shape index (κ3) is 3.47. The van der Waals surface area contributed by atoms with Crippen molar-refractivity contribution in [2.45, 2.75) is 44.7 Å². The molecule has 3 N–H and O–H groups in total. The Morgan fingerprint density at radius 2 is 2.16 bits per heavy atom. The number of amides is 1. The van der Waals surface area contributed by atoms with Gasteiger partial charge in [-0.2, -0.15) is 0 Å². The van der Waals surface area contributed by atoms with Gasteiger partial charge in [0.2, 0.25) is 5.91 Å². The van der Waals surface area contributed by atoms with E-state index in [9.17, 15) is 9.90 Å². The molecule has 1 amide bonds. The summed E-state index contributed by atoms with van der Waals surface area (Å²) in [5.74, 6) is -0.0336. The molecule has 0 bridgehead atoms. The SMILES string of the molecule is CC(c1cccc(O)c1)N(CC(N)=O)C1CCCC1. The van der Waals surface area contributed by atoms with Crippen LogP contribution in [0.2, 0.25) is 0 Å². The van der Waals surface area contributed by atoms with Gasteiger partial charge in [-0.1, -0.05) is 25.0 Å². The van der Waals surface area contributed by atoms with Crippen molar-refractivity contribution in [3.63, 3.8) is 0 Å². The zero-order valence-electron chi connectivity index (χ0n) is 11.4. The lowest BCUT2D eigenvalue weighted by molar-refractivity contribution is -0.120. The van der Waals surface area contributed by atoms with Crippen molar-refractivity contribution in [1.82, 2.24) is 4.90 Å². The number of nitrogens with two attached hydrogens (primary N) is 1. The predicted octanol–water partition coefficient (Wildman–Crippen LogP) is 2.18. The molecule has 1 aliphatic carbocycles. The van der Waals surface area contributed by atoms with Gasteiger partial charge >= 0.3 is 0 Å². The molecule has 0 spiro atoms. The van der Waals surface area contributed by atoms with E-state index in [0.29, 0.717) is 6.04 Å². The van der Waals surface area contributed by atoms with E-state index in [1.165, 1.54) is 12.8 Å². The maximum atomic E-state index is 11.3. The Hall–Kier alpha value is -1.55. The number of carbonyl (C=O) groups excluding carboxylic acids is 1. The second-order valence-electron chi connectivity index (χ2n) is 5.35. The first-order valence-electron chi connectivity index (χ1n) is 6.91. The summed E-state index contributed by atoms with van der Waals surface area (Å²) in [6.07, 6.45) is 4.67. The molecule has 1 atom stereocenters. The molecule has 1 saturated carbocycles. The minimum absolute atomic E-state index is 0.0858. The highest BCUT2D eigenvalue weighted by Crippen LogP contribution is 2.31. The zero-order valence-corrected chi connectivity index (χ0v) is 11.4. The molecule has 0 aliphatic heterocycles. The molecule has 2 rings (SSSR count). The monoisotopic (exact) mass is 262 g/mol. The van der Waals surface area contributed by atoms with Crippen LogP contribution >= 0.6 is 0 Å². The standard InChI is InChI=1S/C15H22N2O2/c1-11(12-5-4-8-14(18)9-12)17(10-15(16)19)13-6-2-3-7-13/h4-5,8-9,11,13,18H,2-3,6-7,10H2,1H3,(H2,16,19). The molecular formula is C15H22N2O2. The summed E-state index contributed by atoms with van der Waals surface area (Å²) in [6, 6.07) is 7.73. The fraction of sp³-hybridized carbons (Fsp3) is 0.533. The van der Waals surface area contributed by atoms with Gasteiger partial charge in [0.05, 0.1) is 6.54 Å². The fourth-order valence-electron chi connectivity index (χ4n) is 2.97. The second-order valence-corrected chi connectivity index (χ2v) is 5.35. The van der Waals surface area contributed by atoms with Crippen LogP contribution in [0.4, 0.5) is 0 Å². The first-order chi connectivity index (χ1) is 9.08. The van der Waals surface area contributed by atoms with Crippen LogP contribution in [0.15, 0.2) is 24.3 Å². The van der Waals surface area contributed by atoms with Crippen LogP contribution in [0, 0.1) is 0 Å². The second kappa shape index (κ2) is 6.06. The number of carbonyl (C=O) groups is 1. The van der Waals surface area contributed by atoms with Gasteiger partial charge in [0.25, 0.3) is 0 Å². The van der Waals surface area contributed by atoms with Gasteiger partial charge in [0, 0.05) is 12.1 Å². The number of benzene rings is 1. The molecule has 1 aromatic carbocycles. The summed E-state index contributed by atoms with van der Waals surface area (Å²) in [6.45, 7) is 2.34. The number of rotatable bonds is 5. The summed E-state index contributed by atoms with van der Waals surface area (Å²) in [5.41, 5.74) is 6.40. The molecule has 1 fully saturated rings. The molecule has 0 radical (unpaired) electrons. The fourth-order valence-corrected chi connectivity index (χ4v) is 2.97. The number of hydrogen-bond donors (Lipinski definition) is 2. The Morgan fingerprint density at radius 3 is 2.74 bits per heavy atom. The van der Waals surface area contributed by atoms with E-state index in [2.05, 4.69) is 11.8 Å². The Kier molecular flexibility index (Phi) is 4.43. The molecule has 104 valence electrons. The molecule has 1 unspecified atom stereocenters. The molecule has 4 nitrogen and oxygen atoms in total. The van der Waals surface area contributed by atoms with E-state index in [1.807, 2.05) is 12.1 Å². The number of primary amides is 1. The van der Waals surface area contributed by atoms with Crippen molar-refractivity contribution in [2.24, 2.45) is 5.73 Å². The van der Waals surface area contributed by atoms with Gasteiger partial charge in [0.1, 0.15) is 5.75 Å². The zero-order chi connectivity index (χ0) is 13.8. The Bertz CT molecular complexity index is 442. The molecule has 0 aromatic heterocycles. The number of hydrogen-bond acceptors (Lipinski definition) is 3. The van der Waals surface area contributed by atoms with Crippen molar-refractivity contribution >= 4 is 5.91 Å². The van der Waals surface area contributed by atoms with Gasteiger partial charge in [0.15, 0.2) is 0 Å². The van der Waals surface area contributed by atoms with Crippen molar-refractivity contribution in [3.05, 3.63) is 29.8 Å². The topological polar surface area (TPSA) is 66.6 Å². The highest BCUT2D eigenvalue weighted by Gasteiger charge is 2.28. The summed E-state index contributed by atoms with van der Waals surface area (Å²) < 4.78 is 0. The molecule has 1 aliphatic rings. The molecule has 0 heterocycles. The van der Waals surface area contributed by atoms with E-state index in [-0.39, 0.29) is 24.2 Å². The van der Waals surface area contributed by atoms with Gasteiger partial charge in [-0.05, 0) is 37.5 Å². The number of phenolic OH excluding ortho intramolecular Hbond substituents is 1. The van der Waals surface area contributed by atoms with Crippen LogP contribution in [-0.2, 0) is 4.79 Å². The van der Waals surface area contributed by atoms with E-state index < -0.39 is 0 Å². The largest absolute Gasteiger partial charge is 0.508 e. The smallest absolute Gasteiger partial charge is 0.231 e. The highest BCUT2D eigenvalue weighted by molar-refractivity contribution is 5.76. The van der Waals surface area contributed by atoms with E-state index in [1.54, 1.807) is 12.1 Å². The van der Waals surface area contributed by atoms with Gasteiger partial charge < -0.3 is 10.8 Å². The van der Waals surface area contributed by atoms with E-state index >= 15 is 0 Å². The molecule has 0 saturated heterocycles. The highest BCUT2D eigenvalue weighted by atomic mass is 16.3. The average Bonchev–Trinajstić information content (AvgIpc) is 2.88. The number of phenols is 1. The van der Waals surface area contributed by atoms with Gasteiger partial charge in [-0.15, -0.1) is 0 Å². The van der Waals surface area contributed by atoms with Crippen molar-refractivity contribution in [3.8, 4) is 5.75 Å². The molecule has 19 heavy (non-hydrogen) atoms. The van der Waals surface area contributed by atoms with Crippen LogP contribution < -0.4 is 5.73 Å². The van der Waals surface area contributed by atoms with Crippen molar-refractivity contribution in [2.75, 3.05) is 6.54 Å². The minimum atomic E-state index is -0.293. The Morgan fingerprint density at radius 1 is 1.47 bits per heavy atom. The van der Waals surface area contributed by atoms with Gasteiger partial charge in [-0.25, -0.2) is 0 Å². The van der Waals surface area contributed by atoms with Crippen LogP contribution in [-0.4, -0.2) is 28.5 Å². The van der Waals surface area contributed by atoms with Crippen molar-refractivity contribution in [1.29, 1.82) is 0 Å². The molecule has 4 heteroatoms. The number of nitrogens with zero attached hydrogens (tertiary/aromatic N) is 1. The average molecular weight is 262 g/mol. The summed E-state index contributed by atoms with van der Waals surface area (Å²) in [5, 5.41) is 9.58. The lowest BCUT2D eigenvalue weighted by Gasteiger charge is -2.33. The molecular weight excluding hydrogens is 240 g/mol. The van der Waals surface area contributed by atoms with Crippen LogP contribution in [0.1, 0.15) is 44.2 Å². The summed E-state index contributed by atoms with van der Waals surface area (Å²) >= 11 is 0. The lowest BCUT2D eigenvalue weighted by Crippen LogP contribution is -2.41. The van der Waals surface area contributed by atoms with Crippen LogP contribution in [0.5, 0.6) is 5.75 Å². The quantitative estimate of drug-likeness (QED) is 0.854. The van der Waals surface area contributed by atoms with E-state index in [0.717, 1.165) is 18.4 Å².